The quantitative estimate of drug-likeness (QED) is 0.733. The first-order chi connectivity index (χ1) is 7.33. The first-order valence-corrected chi connectivity index (χ1v) is 7.64. The third kappa shape index (κ3) is 2.79. The minimum absolute atomic E-state index is 0.810. The molecule has 82 valence electrons. The molecule has 0 radical (unpaired) electrons. The number of fused-ring (bicyclic) bond motifs is 1. The van der Waals surface area contributed by atoms with Gasteiger partial charge in [0, 0.05) is 15.5 Å². The monoisotopic (exact) mass is 284 g/mol. The summed E-state index contributed by atoms with van der Waals surface area (Å²) in [5, 5.41) is 1.96. The van der Waals surface area contributed by atoms with Gasteiger partial charge in [0.05, 0.1) is 0 Å². The molecule has 0 fully saturated rings. The second kappa shape index (κ2) is 5.40. The Labute approximate surface area is 105 Å². The molecule has 1 aromatic carbocycles. The van der Waals surface area contributed by atoms with E-state index in [1.807, 2.05) is 0 Å². The van der Waals surface area contributed by atoms with E-state index in [4.69, 9.17) is 0 Å². The van der Waals surface area contributed by atoms with Crippen molar-refractivity contribution in [2.45, 2.75) is 36.3 Å². The number of hydrogen-bond donors (Lipinski definition) is 0. The molecule has 2 unspecified atom stereocenters. The van der Waals surface area contributed by atoms with E-state index < -0.39 is 0 Å². The molecular formula is C13H17BrS. The molecule has 1 heterocycles. The van der Waals surface area contributed by atoms with Crippen LogP contribution in [0.4, 0.5) is 0 Å². The van der Waals surface area contributed by atoms with Crippen LogP contribution in [-0.4, -0.2) is 10.6 Å². The van der Waals surface area contributed by atoms with Crippen LogP contribution in [0.2, 0.25) is 0 Å². The van der Waals surface area contributed by atoms with Gasteiger partial charge in [-0.15, -0.1) is 11.8 Å². The summed E-state index contributed by atoms with van der Waals surface area (Å²) >= 11 is 5.68. The Morgan fingerprint density at radius 3 is 2.93 bits per heavy atom. The van der Waals surface area contributed by atoms with Crippen molar-refractivity contribution in [1.29, 1.82) is 0 Å². The van der Waals surface area contributed by atoms with Crippen LogP contribution < -0.4 is 0 Å². The lowest BCUT2D eigenvalue weighted by Crippen LogP contribution is -2.10. The predicted molar refractivity (Wildman–Crippen MR) is 72.0 cm³/mol. The predicted octanol–water partition coefficient (Wildman–Crippen LogP) is 4.51. The van der Waals surface area contributed by atoms with Crippen LogP contribution in [0.3, 0.4) is 0 Å². The highest BCUT2D eigenvalue weighted by Gasteiger charge is 2.23. The van der Waals surface area contributed by atoms with Crippen LogP contribution in [0.25, 0.3) is 0 Å². The molecule has 15 heavy (non-hydrogen) atoms. The SMILES string of the molecule is CCC(CBr)CC1Cc2ccccc2S1. The summed E-state index contributed by atoms with van der Waals surface area (Å²) in [6, 6.07) is 8.84. The zero-order valence-corrected chi connectivity index (χ0v) is 11.5. The van der Waals surface area contributed by atoms with Gasteiger partial charge in [-0.3, -0.25) is 0 Å². The lowest BCUT2D eigenvalue weighted by atomic mass is 9.99. The van der Waals surface area contributed by atoms with Gasteiger partial charge < -0.3 is 0 Å². The highest BCUT2D eigenvalue weighted by molar-refractivity contribution is 9.09. The minimum Gasteiger partial charge on any atom is -0.122 e. The number of alkyl halides is 1. The maximum Gasteiger partial charge on any atom is 0.0138 e. The van der Waals surface area contributed by atoms with Gasteiger partial charge in [-0.05, 0) is 30.4 Å². The Balaban J connectivity index is 1.95. The fourth-order valence-corrected chi connectivity index (χ4v) is 4.27. The van der Waals surface area contributed by atoms with Crippen LogP contribution in [-0.2, 0) is 6.42 Å². The van der Waals surface area contributed by atoms with Crippen LogP contribution in [0, 0.1) is 5.92 Å². The van der Waals surface area contributed by atoms with Gasteiger partial charge in [0.2, 0.25) is 0 Å². The molecule has 0 saturated carbocycles. The van der Waals surface area contributed by atoms with E-state index in [2.05, 4.69) is 58.9 Å². The number of rotatable bonds is 4. The molecule has 0 nitrogen and oxygen atoms in total. The molecule has 2 rings (SSSR count). The summed E-state index contributed by atoms with van der Waals surface area (Å²) in [5.41, 5.74) is 1.55. The molecule has 0 saturated heterocycles. The number of benzene rings is 1. The van der Waals surface area contributed by atoms with E-state index in [1.54, 1.807) is 5.56 Å². The van der Waals surface area contributed by atoms with E-state index in [9.17, 15) is 0 Å². The van der Waals surface area contributed by atoms with Crippen molar-refractivity contribution in [3.05, 3.63) is 29.8 Å². The van der Waals surface area contributed by atoms with Crippen molar-refractivity contribution in [3.8, 4) is 0 Å². The molecule has 0 aliphatic carbocycles. The molecular weight excluding hydrogens is 268 g/mol. The average molecular weight is 285 g/mol. The van der Waals surface area contributed by atoms with Gasteiger partial charge in [-0.25, -0.2) is 0 Å². The van der Waals surface area contributed by atoms with E-state index in [1.165, 1.54) is 24.2 Å². The number of halogens is 1. The highest BCUT2D eigenvalue weighted by Crippen LogP contribution is 2.40. The summed E-state index contributed by atoms with van der Waals surface area (Å²) in [5.74, 6) is 0.844. The fourth-order valence-electron chi connectivity index (χ4n) is 2.10. The van der Waals surface area contributed by atoms with Gasteiger partial charge >= 0.3 is 0 Å². The number of thioether (sulfide) groups is 1. The second-order valence-electron chi connectivity index (χ2n) is 4.22. The zero-order chi connectivity index (χ0) is 10.7. The van der Waals surface area contributed by atoms with Crippen LogP contribution in [0.5, 0.6) is 0 Å². The van der Waals surface area contributed by atoms with Gasteiger partial charge in [-0.2, -0.15) is 0 Å². The molecule has 0 N–H and O–H groups in total. The van der Waals surface area contributed by atoms with E-state index >= 15 is 0 Å². The Kier molecular flexibility index (Phi) is 4.15. The molecule has 1 aliphatic rings. The third-order valence-corrected chi connectivity index (χ3v) is 5.37. The average Bonchev–Trinajstić information content (AvgIpc) is 2.68. The summed E-state index contributed by atoms with van der Waals surface area (Å²) in [6.07, 6.45) is 3.91. The Morgan fingerprint density at radius 1 is 1.47 bits per heavy atom. The molecule has 1 aliphatic heterocycles. The summed E-state index contributed by atoms with van der Waals surface area (Å²) in [7, 11) is 0. The third-order valence-electron chi connectivity index (χ3n) is 3.11. The van der Waals surface area contributed by atoms with Crippen molar-refractivity contribution >= 4 is 27.7 Å². The molecule has 1 aromatic rings. The lowest BCUT2D eigenvalue weighted by Gasteiger charge is -2.15. The summed E-state index contributed by atoms with van der Waals surface area (Å²) < 4.78 is 0. The molecule has 0 bridgehead atoms. The maximum absolute atomic E-state index is 3.61. The van der Waals surface area contributed by atoms with E-state index in [0.717, 1.165) is 16.5 Å². The largest absolute Gasteiger partial charge is 0.122 e. The van der Waals surface area contributed by atoms with Crippen LogP contribution in [0.1, 0.15) is 25.3 Å². The molecule has 2 heteroatoms. The van der Waals surface area contributed by atoms with Gasteiger partial charge in [0.1, 0.15) is 0 Å². The summed E-state index contributed by atoms with van der Waals surface area (Å²) in [6.45, 7) is 2.29. The van der Waals surface area contributed by atoms with Crippen molar-refractivity contribution < 1.29 is 0 Å². The Morgan fingerprint density at radius 2 is 2.27 bits per heavy atom. The normalized spacial score (nSPS) is 21.3. The van der Waals surface area contributed by atoms with Gasteiger partial charge in [0.15, 0.2) is 0 Å². The molecule has 0 spiro atoms. The maximum atomic E-state index is 3.61. The Bertz CT molecular complexity index is 295. The smallest absolute Gasteiger partial charge is 0.0138 e. The topological polar surface area (TPSA) is 0 Å². The van der Waals surface area contributed by atoms with E-state index in [-0.39, 0.29) is 0 Å². The van der Waals surface area contributed by atoms with Crippen molar-refractivity contribution in [2.24, 2.45) is 5.92 Å². The molecule has 0 amide bonds. The second-order valence-corrected chi connectivity index (χ2v) is 6.21. The van der Waals surface area contributed by atoms with Gasteiger partial charge in [0.25, 0.3) is 0 Å². The van der Waals surface area contributed by atoms with Crippen molar-refractivity contribution in [1.82, 2.24) is 0 Å². The first-order valence-electron chi connectivity index (χ1n) is 5.64. The summed E-state index contributed by atoms with van der Waals surface area (Å²) in [4.78, 5) is 1.51. The molecule has 0 aromatic heterocycles. The standard InChI is InChI=1S/C13H17BrS/c1-2-10(9-14)7-12-8-11-5-3-4-6-13(11)15-12/h3-6,10,12H,2,7-9H2,1H3. The van der Waals surface area contributed by atoms with Gasteiger partial charge in [-0.1, -0.05) is 47.5 Å². The first kappa shape index (κ1) is 11.5. The fraction of sp³-hybridized carbons (Fsp3) is 0.538. The van der Waals surface area contributed by atoms with Crippen molar-refractivity contribution in [3.63, 3.8) is 0 Å². The number of hydrogen-bond acceptors (Lipinski definition) is 1. The minimum atomic E-state index is 0.810. The van der Waals surface area contributed by atoms with Crippen molar-refractivity contribution in [2.75, 3.05) is 5.33 Å². The molecule has 2 atom stereocenters. The lowest BCUT2D eigenvalue weighted by molar-refractivity contribution is 0.517. The van der Waals surface area contributed by atoms with E-state index in [0.29, 0.717) is 0 Å². The zero-order valence-electron chi connectivity index (χ0n) is 9.08. The van der Waals surface area contributed by atoms with Crippen LogP contribution >= 0.6 is 27.7 Å². The van der Waals surface area contributed by atoms with Crippen LogP contribution in [0.15, 0.2) is 29.2 Å². The highest BCUT2D eigenvalue weighted by atomic mass is 79.9. The Hall–Kier alpha value is 0.0500.